The van der Waals surface area contributed by atoms with Crippen LogP contribution in [0, 0.1) is 0 Å². The molecule has 0 fully saturated rings. The third-order valence-electron chi connectivity index (χ3n) is 0.964. The highest BCUT2D eigenvalue weighted by Gasteiger charge is 1.85. The molecule has 0 unspecified atom stereocenters. The molecule has 0 radical (unpaired) electrons. The van der Waals surface area contributed by atoms with Crippen LogP contribution in [0.25, 0.3) is 0 Å². The molecule has 0 heterocycles. The van der Waals surface area contributed by atoms with E-state index in [4.69, 9.17) is 4.74 Å². The van der Waals surface area contributed by atoms with Gasteiger partial charge in [0.15, 0.2) is 0 Å². The van der Waals surface area contributed by atoms with Crippen molar-refractivity contribution in [2.75, 3.05) is 0 Å². The Morgan fingerprint density at radius 2 is 1.88 bits per heavy atom. The first-order chi connectivity index (χ1) is 3.68. The Labute approximate surface area is 50.7 Å². The van der Waals surface area contributed by atoms with Gasteiger partial charge in [0.1, 0.15) is 0 Å². The third-order valence-corrected chi connectivity index (χ3v) is 0.964. The van der Waals surface area contributed by atoms with E-state index in [2.05, 4.69) is 6.58 Å². The van der Waals surface area contributed by atoms with Crippen LogP contribution in [-0.2, 0) is 4.74 Å². The van der Waals surface area contributed by atoms with Crippen LogP contribution in [0.5, 0.6) is 0 Å². The van der Waals surface area contributed by atoms with Gasteiger partial charge in [-0.15, -0.1) is 0 Å². The van der Waals surface area contributed by atoms with Crippen molar-refractivity contribution in [1.29, 1.82) is 0 Å². The molecule has 0 aliphatic rings. The van der Waals surface area contributed by atoms with Crippen molar-refractivity contribution in [1.82, 2.24) is 0 Å². The summed E-state index contributed by atoms with van der Waals surface area (Å²) in [5, 5.41) is 0. The molecule has 8 heavy (non-hydrogen) atoms. The van der Waals surface area contributed by atoms with E-state index in [-0.39, 0.29) is 0 Å². The summed E-state index contributed by atoms with van der Waals surface area (Å²) in [6, 6.07) is 0. The molecular formula is C7H12O. The van der Waals surface area contributed by atoms with Crippen molar-refractivity contribution in [3.63, 3.8) is 0 Å². The first kappa shape index (κ1) is 7.28. The summed E-state index contributed by atoms with van der Waals surface area (Å²) in [7, 11) is 0. The zero-order valence-corrected chi connectivity index (χ0v) is 5.69. The molecular weight excluding hydrogens is 100 g/mol. The van der Waals surface area contributed by atoms with Gasteiger partial charge >= 0.3 is 0 Å². The summed E-state index contributed by atoms with van der Waals surface area (Å²) < 4.78 is 4.95. The lowest BCUT2D eigenvalue weighted by Crippen LogP contribution is -1.79. The lowest BCUT2D eigenvalue weighted by Gasteiger charge is -1.99. The second kappa shape index (κ2) is 3.30. The maximum absolute atomic E-state index is 4.95. The second-order valence-corrected chi connectivity index (χ2v) is 1.84. The zero-order chi connectivity index (χ0) is 6.57. The van der Waals surface area contributed by atoms with E-state index in [0.717, 1.165) is 5.76 Å². The van der Waals surface area contributed by atoms with Gasteiger partial charge in [-0.25, -0.2) is 0 Å². The molecule has 0 saturated carbocycles. The molecule has 1 heteroatoms. The molecule has 0 aliphatic heterocycles. The number of allylic oxidation sites excluding steroid dienone is 2. The van der Waals surface area contributed by atoms with Crippen LogP contribution in [0.4, 0.5) is 0 Å². The standard InChI is InChI=1S/C7H12O/c1-5-8-7(4)6(2)3/h5H,1H2,2-4H3. The molecule has 0 N–H and O–H groups in total. The fourth-order valence-corrected chi connectivity index (χ4v) is 0.243. The van der Waals surface area contributed by atoms with Gasteiger partial charge in [-0.1, -0.05) is 6.58 Å². The van der Waals surface area contributed by atoms with Gasteiger partial charge < -0.3 is 4.74 Å². The van der Waals surface area contributed by atoms with Gasteiger partial charge in [0, 0.05) is 0 Å². The van der Waals surface area contributed by atoms with Crippen LogP contribution in [0.1, 0.15) is 20.8 Å². The average Bonchev–Trinajstić information content (AvgIpc) is 1.67. The van der Waals surface area contributed by atoms with Crippen molar-refractivity contribution < 1.29 is 4.74 Å². The Hall–Kier alpha value is -0.720. The normalized spacial score (nSPS) is 7.88. The minimum atomic E-state index is 0.931. The van der Waals surface area contributed by atoms with Crippen LogP contribution in [0.2, 0.25) is 0 Å². The van der Waals surface area contributed by atoms with Crippen LogP contribution >= 0.6 is 0 Å². The summed E-state index contributed by atoms with van der Waals surface area (Å²) in [6.45, 7) is 9.34. The summed E-state index contributed by atoms with van der Waals surface area (Å²) >= 11 is 0. The first-order valence-electron chi connectivity index (χ1n) is 2.60. The van der Waals surface area contributed by atoms with Gasteiger partial charge in [-0.2, -0.15) is 0 Å². The molecule has 0 aromatic heterocycles. The molecule has 0 atom stereocenters. The topological polar surface area (TPSA) is 9.23 Å². The van der Waals surface area contributed by atoms with E-state index in [1.165, 1.54) is 11.8 Å². The quantitative estimate of drug-likeness (QED) is 0.498. The van der Waals surface area contributed by atoms with E-state index in [1.54, 1.807) is 0 Å². The highest BCUT2D eigenvalue weighted by molar-refractivity contribution is 4.99. The highest BCUT2D eigenvalue weighted by Crippen LogP contribution is 2.02. The molecule has 0 amide bonds. The molecule has 0 aliphatic carbocycles. The smallest absolute Gasteiger partial charge is 0.0987 e. The first-order valence-corrected chi connectivity index (χ1v) is 2.60. The van der Waals surface area contributed by atoms with Gasteiger partial charge in [-0.3, -0.25) is 0 Å². The molecule has 0 saturated heterocycles. The Balaban J connectivity index is 3.79. The summed E-state index contributed by atoms with van der Waals surface area (Å²) in [5.41, 5.74) is 1.19. The second-order valence-electron chi connectivity index (χ2n) is 1.84. The maximum atomic E-state index is 4.95. The minimum absolute atomic E-state index is 0.931. The number of ether oxygens (including phenoxy) is 1. The zero-order valence-electron chi connectivity index (χ0n) is 5.69. The average molecular weight is 112 g/mol. The fraction of sp³-hybridized carbons (Fsp3) is 0.429. The van der Waals surface area contributed by atoms with Crippen molar-refractivity contribution in [2.24, 2.45) is 0 Å². The van der Waals surface area contributed by atoms with Crippen LogP contribution in [0.15, 0.2) is 24.2 Å². The van der Waals surface area contributed by atoms with E-state index >= 15 is 0 Å². The molecule has 1 nitrogen and oxygen atoms in total. The Bertz CT molecular complexity index is 108. The van der Waals surface area contributed by atoms with E-state index in [1.807, 2.05) is 20.8 Å². The van der Waals surface area contributed by atoms with Gasteiger partial charge in [0.25, 0.3) is 0 Å². The minimum Gasteiger partial charge on any atom is -0.470 e. The summed E-state index contributed by atoms with van der Waals surface area (Å²) in [4.78, 5) is 0. The number of hydrogen-bond donors (Lipinski definition) is 0. The Kier molecular flexibility index (Phi) is 3.01. The third kappa shape index (κ3) is 2.45. The monoisotopic (exact) mass is 112 g/mol. The van der Waals surface area contributed by atoms with Crippen LogP contribution < -0.4 is 0 Å². The van der Waals surface area contributed by atoms with Crippen molar-refractivity contribution in [2.45, 2.75) is 20.8 Å². The van der Waals surface area contributed by atoms with E-state index < -0.39 is 0 Å². The molecule has 0 rings (SSSR count). The van der Waals surface area contributed by atoms with E-state index in [0.29, 0.717) is 0 Å². The maximum Gasteiger partial charge on any atom is 0.0987 e. The number of hydrogen-bond acceptors (Lipinski definition) is 1. The molecule has 0 spiro atoms. The lowest BCUT2D eigenvalue weighted by atomic mass is 10.3. The summed E-state index contributed by atoms with van der Waals surface area (Å²) in [6.07, 6.45) is 1.43. The number of rotatable bonds is 2. The molecule has 46 valence electrons. The molecule has 0 aromatic rings. The largest absolute Gasteiger partial charge is 0.470 e. The van der Waals surface area contributed by atoms with Crippen molar-refractivity contribution in [3.8, 4) is 0 Å². The van der Waals surface area contributed by atoms with Crippen LogP contribution in [-0.4, -0.2) is 0 Å². The van der Waals surface area contributed by atoms with Crippen molar-refractivity contribution >= 4 is 0 Å². The SMILES string of the molecule is C=COC(C)=C(C)C. The van der Waals surface area contributed by atoms with Crippen LogP contribution in [0.3, 0.4) is 0 Å². The lowest BCUT2D eigenvalue weighted by molar-refractivity contribution is 0.349. The predicted octanol–water partition coefficient (Wildman–Crippen LogP) is 2.46. The van der Waals surface area contributed by atoms with Gasteiger partial charge in [0.2, 0.25) is 0 Å². The molecule has 0 bridgehead atoms. The Morgan fingerprint density at radius 1 is 1.38 bits per heavy atom. The fourth-order valence-electron chi connectivity index (χ4n) is 0.243. The van der Waals surface area contributed by atoms with E-state index in [9.17, 15) is 0 Å². The predicted molar refractivity (Wildman–Crippen MR) is 35.3 cm³/mol. The highest BCUT2D eigenvalue weighted by atomic mass is 16.5. The van der Waals surface area contributed by atoms with Gasteiger partial charge in [-0.05, 0) is 26.3 Å². The summed E-state index contributed by atoms with van der Waals surface area (Å²) in [5.74, 6) is 0.931. The van der Waals surface area contributed by atoms with Gasteiger partial charge in [0.05, 0.1) is 12.0 Å². The Morgan fingerprint density at radius 3 is 2.00 bits per heavy atom. The van der Waals surface area contributed by atoms with Crippen molar-refractivity contribution in [3.05, 3.63) is 24.2 Å². The molecule has 0 aromatic carbocycles.